The zero-order valence-corrected chi connectivity index (χ0v) is 14.5. The van der Waals surface area contributed by atoms with E-state index in [0.29, 0.717) is 32.6 Å². The van der Waals surface area contributed by atoms with E-state index in [2.05, 4.69) is 15.3 Å². The highest BCUT2D eigenvalue weighted by molar-refractivity contribution is 7.99. The molecule has 0 fully saturated rings. The molecular formula is C16H12ClF2N3O2S. The molecule has 0 saturated carbocycles. The van der Waals surface area contributed by atoms with Crippen molar-refractivity contribution in [2.45, 2.75) is 5.16 Å². The summed E-state index contributed by atoms with van der Waals surface area (Å²) in [4.78, 5) is 19.0. The molecule has 0 radical (unpaired) electrons. The third kappa shape index (κ3) is 4.02. The van der Waals surface area contributed by atoms with Crippen molar-refractivity contribution in [1.29, 1.82) is 0 Å². The van der Waals surface area contributed by atoms with Gasteiger partial charge < -0.3 is 15.0 Å². The minimum atomic E-state index is -0.971. The largest absolute Gasteiger partial charge is 0.495 e. The lowest BCUT2D eigenvalue weighted by Gasteiger charge is -2.10. The molecule has 5 nitrogen and oxygen atoms in total. The molecule has 3 aromatic rings. The number of fused-ring (bicyclic) bond motifs is 1. The van der Waals surface area contributed by atoms with E-state index in [-0.39, 0.29) is 11.7 Å². The molecule has 1 amide bonds. The number of H-pyrrole nitrogens is 1. The lowest BCUT2D eigenvalue weighted by atomic mass is 10.3. The number of nitrogens with one attached hydrogen (secondary N) is 2. The van der Waals surface area contributed by atoms with Crippen LogP contribution in [0.15, 0.2) is 35.5 Å². The smallest absolute Gasteiger partial charge is 0.234 e. The van der Waals surface area contributed by atoms with Crippen LogP contribution >= 0.6 is 23.4 Å². The van der Waals surface area contributed by atoms with Gasteiger partial charge in [0, 0.05) is 17.2 Å². The number of rotatable bonds is 5. The van der Waals surface area contributed by atoms with Crippen LogP contribution in [0.2, 0.25) is 5.02 Å². The van der Waals surface area contributed by atoms with Gasteiger partial charge >= 0.3 is 0 Å². The van der Waals surface area contributed by atoms with Crippen LogP contribution in [0.3, 0.4) is 0 Å². The Bertz CT molecular complexity index is 910. The standard InChI is InChI=1S/C16H12ClF2N3O2S/c1-24-14-3-2-8(17)4-13(14)20-15(23)7-25-16-21-11-5-9(18)10(19)6-12(11)22-16/h2-6H,7H2,1H3,(H,20,23)(H,21,22). The van der Waals surface area contributed by atoms with Crippen molar-refractivity contribution in [3.05, 3.63) is 47.0 Å². The Morgan fingerprint density at radius 2 is 2.08 bits per heavy atom. The van der Waals surface area contributed by atoms with Crippen LogP contribution in [-0.4, -0.2) is 28.7 Å². The van der Waals surface area contributed by atoms with Gasteiger partial charge in [-0.25, -0.2) is 13.8 Å². The molecule has 0 saturated heterocycles. The Kier molecular flexibility index (Phi) is 5.10. The Morgan fingerprint density at radius 1 is 1.32 bits per heavy atom. The van der Waals surface area contributed by atoms with E-state index < -0.39 is 11.6 Å². The first-order valence-corrected chi connectivity index (χ1v) is 8.43. The van der Waals surface area contributed by atoms with E-state index in [9.17, 15) is 13.6 Å². The maximum absolute atomic E-state index is 13.2. The van der Waals surface area contributed by atoms with Crippen molar-refractivity contribution in [2.75, 3.05) is 18.2 Å². The summed E-state index contributed by atoms with van der Waals surface area (Å²) in [5.74, 6) is -1.71. The van der Waals surface area contributed by atoms with Gasteiger partial charge in [-0.05, 0) is 18.2 Å². The zero-order valence-electron chi connectivity index (χ0n) is 12.9. The molecule has 130 valence electrons. The summed E-state index contributed by atoms with van der Waals surface area (Å²) in [6.45, 7) is 0. The molecule has 3 rings (SSSR count). The number of amides is 1. The minimum Gasteiger partial charge on any atom is -0.495 e. The summed E-state index contributed by atoms with van der Waals surface area (Å²) in [5, 5.41) is 3.54. The Morgan fingerprint density at radius 3 is 2.84 bits per heavy atom. The van der Waals surface area contributed by atoms with Crippen molar-refractivity contribution < 1.29 is 18.3 Å². The number of imidazole rings is 1. The van der Waals surface area contributed by atoms with Crippen LogP contribution in [0.1, 0.15) is 0 Å². The monoisotopic (exact) mass is 383 g/mol. The molecule has 0 aliphatic rings. The highest BCUT2D eigenvalue weighted by atomic mass is 35.5. The molecule has 0 bridgehead atoms. The zero-order chi connectivity index (χ0) is 18.0. The predicted octanol–water partition coefficient (Wildman–Crippen LogP) is 4.23. The molecule has 0 aliphatic heterocycles. The molecule has 0 spiro atoms. The van der Waals surface area contributed by atoms with Crippen LogP contribution in [0, 0.1) is 11.6 Å². The summed E-state index contributed by atoms with van der Waals surface area (Å²) in [7, 11) is 1.49. The van der Waals surface area contributed by atoms with Crippen LogP contribution in [0.4, 0.5) is 14.5 Å². The third-order valence-corrected chi connectivity index (χ3v) is 4.39. The summed E-state index contributed by atoms with van der Waals surface area (Å²) < 4.78 is 31.6. The number of hydrogen-bond acceptors (Lipinski definition) is 4. The molecule has 9 heteroatoms. The van der Waals surface area contributed by atoms with Gasteiger partial charge in [0.1, 0.15) is 5.75 Å². The Balaban J connectivity index is 1.67. The van der Waals surface area contributed by atoms with Crippen molar-refractivity contribution in [2.24, 2.45) is 0 Å². The molecular weight excluding hydrogens is 372 g/mol. The van der Waals surface area contributed by atoms with E-state index >= 15 is 0 Å². The van der Waals surface area contributed by atoms with Crippen LogP contribution < -0.4 is 10.1 Å². The second kappa shape index (κ2) is 7.28. The first-order chi connectivity index (χ1) is 12.0. The molecule has 0 atom stereocenters. The van der Waals surface area contributed by atoms with E-state index in [1.54, 1.807) is 18.2 Å². The highest BCUT2D eigenvalue weighted by Gasteiger charge is 2.12. The van der Waals surface area contributed by atoms with E-state index in [1.807, 2.05) is 0 Å². The van der Waals surface area contributed by atoms with Crippen LogP contribution in [0.5, 0.6) is 5.75 Å². The minimum absolute atomic E-state index is 0.0421. The molecule has 1 heterocycles. The fourth-order valence-electron chi connectivity index (χ4n) is 2.15. The first-order valence-electron chi connectivity index (χ1n) is 7.07. The highest BCUT2D eigenvalue weighted by Crippen LogP contribution is 2.28. The van der Waals surface area contributed by atoms with Crippen LogP contribution in [0.25, 0.3) is 11.0 Å². The maximum atomic E-state index is 13.2. The van der Waals surface area contributed by atoms with E-state index in [1.165, 1.54) is 7.11 Å². The van der Waals surface area contributed by atoms with Crippen LogP contribution in [-0.2, 0) is 4.79 Å². The van der Waals surface area contributed by atoms with Gasteiger partial charge in [0.05, 0.1) is 29.6 Å². The Labute approximate surface area is 150 Å². The normalized spacial score (nSPS) is 10.9. The number of benzene rings is 2. The Hall–Kier alpha value is -2.32. The average Bonchev–Trinajstić information content (AvgIpc) is 2.95. The molecule has 25 heavy (non-hydrogen) atoms. The fourth-order valence-corrected chi connectivity index (χ4v) is 3.01. The van der Waals surface area contributed by atoms with Crippen molar-refractivity contribution in [1.82, 2.24) is 9.97 Å². The average molecular weight is 384 g/mol. The molecule has 2 N–H and O–H groups in total. The lowest BCUT2D eigenvalue weighted by molar-refractivity contribution is -0.113. The van der Waals surface area contributed by atoms with Gasteiger partial charge in [-0.3, -0.25) is 4.79 Å². The molecule has 0 aliphatic carbocycles. The van der Waals surface area contributed by atoms with Gasteiger partial charge in [0.25, 0.3) is 0 Å². The topological polar surface area (TPSA) is 67.0 Å². The molecule has 2 aromatic carbocycles. The van der Waals surface area contributed by atoms with Gasteiger partial charge in [0.2, 0.25) is 5.91 Å². The van der Waals surface area contributed by atoms with E-state index in [0.717, 1.165) is 23.9 Å². The second-order valence-corrected chi connectivity index (χ2v) is 6.41. The summed E-state index contributed by atoms with van der Waals surface area (Å²) >= 11 is 7.02. The number of carbonyl (C=O) groups is 1. The predicted molar refractivity (Wildman–Crippen MR) is 93.4 cm³/mol. The number of carbonyl (C=O) groups excluding carboxylic acids is 1. The number of thioether (sulfide) groups is 1. The molecule has 0 unspecified atom stereocenters. The fraction of sp³-hybridized carbons (Fsp3) is 0.125. The van der Waals surface area contributed by atoms with Gasteiger partial charge in [0.15, 0.2) is 16.8 Å². The summed E-state index contributed by atoms with van der Waals surface area (Å²) in [5.41, 5.74) is 1.10. The number of hydrogen-bond donors (Lipinski definition) is 2. The quantitative estimate of drug-likeness (QED) is 0.647. The molecule has 1 aromatic heterocycles. The number of aromatic amines is 1. The van der Waals surface area contributed by atoms with Crippen molar-refractivity contribution in [3.8, 4) is 5.75 Å². The lowest BCUT2D eigenvalue weighted by Crippen LogP contribution is -2.14. The number of ether oxygens (including phenoxy) is 1. The number of aromatic nitrogens is 2. The second-order valence-electron chi connectivity index (χ2n) is 5.01. The number of anilines is 1. The van der Waals surface area contributed by atoms with Crippen molar-refractivity contribution >= 4 is 46.0 Å². The van der Waals surface area contributed by atoms with Gasteiger partial charge in [-0.2, -0.15) is 0 Å². The van der Waals surface area contributed by atoms with Gasteiger partial charge in [-0.15, -0.1) is 0 Å². The SMILES string of the molecule is COc1ccc(Cl)cc1NC(=O)CSc1nc2cc(F)c(F)cc2[nH]1. The number of methoxy groups -OCH3 is 1. The third-order valence-electron chi connectivity index (χ3n) is 3.28. The summed E-state index contributed by atoms with van der Waals surface area (Å²) in [6.07, 6.45) is 0. The number of nitrogens with zero attached hydrogens (tertiary/aromatic N) is 1. The van der Waals surface area contributed by atoms with Gasteiger partial charge in [-0.1, -0.05) is 23.4 Å². The summed E-state index contributed by atoms with van der Waals surface area (Å²) in [6, 6.07) is 6.90. The van der Waals surface area contributed by atoms with E-state index in [4.69, 9.17) is 16.3 Å². The first kappa shape index (κ1) is 17.5. The number of halogens is 3. The maximum Gasteiger partial charge on any atom is 0.234 e. The van der Waals surface area contributed by atoms with Crippen molar-refractivity contribution in [3.63, 3.8) is 0 Å².